The number of ether oxygens (including phenoxy) is 1. The standard InChI is InChI=1S/C20H25N3O2.HI/c1-2-21-20(23-12-11-17(24)15-23)22-14-16-7-6-10-19(13-16)25-18-8-4-3-5-9-18;/h3-10,13,17,24H,2,11-12,14-15H2,1H3,(H,21,22);1H/t17-;/m1./s1. The predicted molar refractivity (Wildman–Crippen MR) is 115 cm³/mol. The third kappa shape index (κ3) is 5.88. The second-order valence-corrected chi connectivity index (χ2v) is 6.12. The predicted octanol–water partition coefficient (Wildman–Crippen LogP) is 3.63. The number of para-hydroxylation sites is 1. The van der Waals surface area contributed by atoms with Crippen LogP contribution in [0, 0.1) is 0 Å². The van der Waals surface area contributed by atoms with Crippen molar-refractivity contribution in [1.82, 2.24) is 10.2 Å². The van der Waals surface area contributed by atoms with Crippen molar-refractivity contribution in [3.63, 3.8) is 0 Å². The summed E-state index contributed by atoms with van der Waals surface area (Å²) in [7, 11) is 0. The van der Waals surface area contributed by atoms with Crippen LogP contribution in [0.5, 0.6) is 11.5 Å². The quantitative estimate of drug-likeness (QED) is 0.401. The van der Waals surface area contributed by atoms with E-state index in [0.717, 1.165) is 42.5 Å². The van der Waals surface area contributed by atoms with Gasteiger partial charge in [0.2, 0.25) is 0 Å². The van der Waals surface area contributed by atoms with E-state index in [1.54, 1.807) is 0 Å². The van der Waals surface area contributed by atoms with E-state index in [-0.39, 0.29) is 30.1 Å². The van der Waals surface area contributed by atoms with Crippen LogP contribution in [0.2, 0.25) is 0 Å². The number of nitrogens with one attached hydrogen (secondary N) is 1. The highest BCUT2D eigenvalue weighted by Gasteiger charge is 2.22. The van der Waals surface area contributed by atoms with Crippen LogP contribution in [0.4, 0.5) is 0 Å². The Morgan fingerprint density at radius 1 is 1.19 bits per heavy atom. The van der Waals surface area contributed by atoms with E-state index in [2.05, 4.69) is 17.1 Å². The van der Waals surface area contributed by atoms with E-state index in [1.165, 1.54) is 0 Å². The average Bonchev–Trinajstić information content (AvgIpc) is 3.06. The van der Waals surface area contributed by atoms with Gasteiger partial charge in [0.1, 0.15) is 11.5 Å². The highest BCUT2D eigenvalue weighted by Crippen LogP contribution is 2.22. The molecule has 1 saturated heterocycles. The number of benzene rings is 2. The largest absolute Gasteiger partial charge is 0.457 e. The fourth-order valence-corrected chi connectivity index (χ4v) is 2.86. The van der Waals surface area contributed by atoms with Crippen molar-refractivity contribution in [2.45, 2.75) is 26.0 Å². The molecule has 5 nitrogen and oxygen atoms in total. The lowest BCUT2D eigenvalue weighted by molar-refractivity contribution is 0.188. The number of hydrogen-bond acceptors (Lipinski definition) is 3. The summed E-state index contributed by atoms with van der Waals surface area (Å²) in [5, 5.41) is 13.0. The number of halogens is 1. The Balaban J connectivity index is 0.00000243. The van der Waals surface area contributed by atoms with Crippen molar-refractivity contribution in [2.75, 3.05) is 19.6 Å². The van der Waals surface area contributed by atoms with Gasteiger partial charge < -0.3 is 20.1 Å². The summed E-state index contributed by atoms with van der Waals surface area (Å²) in [6.07, 6.45) is 0.539. The van der Waals surface area contributed by atoms with Crippen LogP contribution >= 0.6 is 24.0 Å². The van der Waals surface area contributed by atoms with Crippen LogP contribution in [0.25, 0.3) is 0 Å². The molecule has 1 atom stereocenters. The Kier molecular flexibility index (Phi) is 8.18. The summed E-state index contributed by atoms with van der Waals surface area (Å²) in [5.74, 6) is 2.48. The summed E-state index contributed by atoms with van der Waals surface area (Å²) >= 11 is 0. The fraction of sp³-hybridized carbons (Fsp3) is 0.350. The number of likely N-dealkylation sites (tertiary alicyclic amines) is 1. The van der Waals surface area contributed by atoms with Gasteiger partial charge in [0.25, 0.3) is 0 Å². The third-order valence-corrected chi connectivity index (χ3v) is 4.09. The molecule has 1 heterocycles. The first-order valence-electron chi connectivity index (χ1n) is 8.78. The van der Waals surface area contributed by atoms with Crippen molar-refractivity contribution >= 4 is 29.9 Å². The monoisotopic (exact) mass is 467 g/mol. The van der Waals surface area contributed by atoms with Crippen LogP contribution in [-0.2, 0) is 6.54 Å². The zero-order valence-electron chi connectivity index (χ0n) is 15.0. The lowest BCUT2D eigenvalue weighted by atomic mass is 10.2. The van der Waals surface area contributed by atoms with Gasteiger partial charge in [0.15, 0.2) is 5.96 Å². The van der Waals surface area contributed by atoms with E-state index in [1.807, 2.05) is 54.6 Å². The Hall–Kier alpha value is -1.80. The molecular weight excluding hydrogens is 441 g/mol. The molecular formula is C20H26IN3O2. The molecule has 1 fully saturated rings. The molecule has 0 aliphatic carbocycles. The second kappa shape index (κ2) is 10.4. The lowest BCUT2D eigenvalue weighted by Gasteiger charge is -2.21. The number of rotatable bonds is 5. The van der Waals surface area contributed by atoms with Gasteiger partial charge in [0.05, 0.1) is 12.6 Å². The normalized spacial score (nSPS) is 16.9. The maximum atomic E-state index is 9.74. The van der Waals surface area contributed by atoms with Crippen LogP contribution < -0.4 is 10.1 Å². The molecule has 0 spiro atoms. The topological polar surface area (TPSA) is 57.1 Å². The number of aliphatic hydroxyl groups excluding tert-OH is 1. The molecule has 1 aliphatic rings. The molecule has 2 aromatic carbocycles. The Morgan fingerprint density at radius 2 is 1.96 bits per heavy atom. The maximum Gasteiger partial charge on any atom is 0.194 e. The molecule has 0 bridgehead atoms. The molecule has 1 aliphatic heterocycles. The fourth-order valence-electron chi connectivity index (χ4n) is 2.86. The average molecular weight is 467 g/mol. The van der Waals surface area contributed by atoms with E-state index in [0.29, 0.717) is 13.1 Å². The van der Waals surface area contributed by atoms with Crippen LogP contribution in [0.15, 0.2) is 59.6 Å². The van der Waals surface area contributed by atoms with Gasteiger partial charge in [-0.15, -0.1) is 24.0 Å². The Bertz CT molecular complexity index is 709. The molecule has 2 N–H and O–H groups in total. The summed E-state index contributed by atoms with van der Waals surface area (Å²) in [6.45, 7) is 4.91. The van der Waals surface area contributed by atoms with Gasteiger partial charge in [-0.2, -0.15) is 0 Å². The number of guanidine groups is 1. The minimum Gasteiger partial charge on any atom is -0.457 e. The molecule has 0 unspecified atom stereocenters. The molecule has 0 saturated carbocycles. The summed E-state index contributed by atoms with van der Waals surface area (Å²) in [5.41, 5.74) is 1.09. The van der Waals surface area contributed by atoms with Crippen molar-refractivity contribution in [3.05, 3.63) is 60.2 Å². The lowest BCUT2D eigenvalue weighted by Crippen LogP contribution is -2.40. The maximum absolute atomic E-state index is 9.74. The van der Waals surface area contributed by atoms with Crippen LogP contribution in [-0.4, -0.2) is 41.7 Å². The van der Waals surface area contributed by atoms with Crippen molar-refractivity contribution < 1.29 is 9.84 Å². The van der Waals surface area contributed by atoms with Gasteiger partial charge in [-0.1, -0.05) is 30.3 Å². The van der Waals surface area contributed by atoms with E-state index >= 15 is 0 Å². The number of hydrogen-bond donors (Lipinski definition) is 2. The first kappa shape index (κ1) is 20.5. The highest BCUT2D eigenvalue weighted by molar-refractivity contribution is 14.0. The van der Waals surface area contributed by atoms with Gasteiger partial charge in [-0.25, -0.2) is 4.99 Å². The van der Waals surface area contributed by atoms with Crippen molar-refractivity contribution in [1.29, 1.82) is 0 Å². The van der Waals surface area contributed by atoms with Crippen molar-refractivity contribution in [3.8, 4) is 11.5 Å². The molecule has 3 rings (SSSR count). The first-order chi connectivity index (χ1) is 12.2. The summed E-state index contributed by atoms with van der Waals surface area (Å²) in [4.78, 5) is 6.82. The molecule has 0 aromatic heterocycles. The number of β-amino-alcohol motifs (C(OH)–C–C–N with tert-alkyl or cyclic N) is 1. The van der Waals surface area contributed by atoms with Crippen molar-refractivity contribution in [2.24, 2.45) is 4.99 Å². The van der Waals surface area contributed by atoms with Gasteiger partial charge in [-0.05, 0) is 43.2 Å². The second-order valence-electron chi connectivity index (χ2n) is 6.12. The first-order valence-corrected chi connectivity index (χ1v) is 8.78. The van der Waals surface area contributed by atoms with E-state index in [4.69, 9.17) is 9.73 Å². The third-order valence-electron chi connectivity index (χ3n) is 4.09. The number of nitrogens with zero attached hydrogens (tertiary/aromatic N) is 2. The zero-order valence-corrected chi connectivity index (χ0v) is 17.3. The smallest absolute Gasteiger partial charge is 0.194 e. The van der Waals surface area contributed by atoms with Gasteiger partial charge in [0, 0.05) is 19.6 Å². The molecule has 0 radical (unpaired) electrons. The van der Waals surface area contributed by atoms with Crippen LogP contribution in [0.3, 0.4) is 0 Å². The Labute approximate surface area is 172 Å². The van der Waals surface area contributed by atoms with Gasteiger partial charge >= 0.3 is 0 Å². The zero-order chi connectivity index (χ0) is 17.5. The number of aliphatic imine (C=N–C) groups is 1. The minimum atomic E-state index is -0.258. The van der Waals surface area contributed by atoms with E-state index < -0.39 is 0 Å². The molecule has 140 valence electrons. The molecule has 6 heteroatoms. The highest BCUT2D eigenvalue weighted by atomic mass is 127. The molecule has 26 heavy (non-hydrogen) atoms. The summed E-state index contributed by atoms with van der Waals surface area (Å²) < 4.78 is 5.88. The molecule has 0 amide bonds. The minimum absolute atomic E-state index is 0. The number of aliphatic hydroxyl groups is 1. The summed E-state index contributed by atoms with van der Waals surface area (Å²) in [6, 6.07) is 17.7. The molecule has 2 aromatic rings. The Morgan fingerprint density at radius 3 is 2.65 bits per heavy atom. The SMILES string of the molecule is CCNC(=NCc1cccc(Oc2ccccc2)c1)N1CC[C@@H](O)C1.I. The van der Waals surface area contributed by atoms with Gasteiger partial charge in [-0.3, -0.25) is 0 Å². The van der Waals surface area contributed by atoms with Crippen LogP contribution in [0.1, 0.15) is 18.9 Å². The van der Waals surface area contributed by atoms with E-state index in [9.17, 15) is 5.11 Å².